The van der Waals surface area contributed by atoms with Crippen molar-refractivity contribution in [1.29, 1.82) is 5.41 Å². The average Bonchev–Trinajstić information content (AvgIpc) is 3.17. The molecule has 2 unspecified atom stereocenters. The van der Waals surface area contributed by atoms with Gasteiger partial charge in [-0.15, -0.1) is 0 Å². The molecule has 40 heavy (non-hydrogen) atoms. The Morgan fingerprint density at radius 1 is 1.10 bits per heavy atom. The summed E-state index contributed by atoms with van der Waals surface area (Å²) in [4.78, 5) is 40.4. The molecule has 0 aromatic heterocycles. The zero-order chi connectivity index (χ0) is 29.3. The Labute approximate surface area is 241 Å². The van der Waals surface area contributed by atoms with E-state index >= 15 is 0 Å². The molecule has 0 spiro atoms. The highest BCUT2D eigenvalue weighted by Crippen LogP contribution is 2.35. The molecule has 3 amide bonds. The van der Waals surface area contributed by atoms with Crippen LogP contribution in [0.3, 0.4) is 0 Å². The Morgan fingerprint density at radius 3 is 2.40 bits per heavy atom. The van der Waals surface area contributed by atoms with E-state index in [0.717, 1.165) is 11.1 Å². The number of ether oxygens (including phenoxy) is 1. The van der Waals surface area contributed by atoms with Crippen molar-refractivity contribution < 1.29 is 19.1 Å². The highest BCUT2D eigenvalue weighted by Gasteiger charge is 2.50. The number of carbonyl (C=O) groups is 3. The summed E-state index contributed by atoms with van der Waals surface area (Å²) in [6.07, 6.45) is 1.91. The molecule has 2 aromatic carbocycles. The van der Waals surface area contributed by atoms with E-state index < -0.39 is 17.7 Å². The van der Waals surface area contributed by atoms with Crippen molar-refractivity contribution in [1.82, 2.24) is 20.9 Å². The third-order valence-corrected chi connectivity index (χ3v) is 7.51. The lowest BCUT2D eigenvalue weighted by atomic mass is 9.82. The van der Waals surface area contributed by atoms with Crippen molar-refractivity contribution in [3.63, 3.8) is 0 Å². The fourth-order valence-corrected chi connectivity index (χ4v) is 5.34. The van der Waals surface area contributed by atoms with Crippen LogP contribution in [-0.4, -0.2) is 54.5 Å². The quantitative estimate of drug-likeness (QED) is 0.281. The van der Waals surface area contributed by atoms with Crippen LogP contribution in [0.25, 0.3) is 0 Å². The molecule has 2 aromatic rings. The molecule has 1 aliphatic rings. The highest BCUT2D eigenvalue weighted by atomic mass is 35.5. The first-order valence-electron chi connectivity index (χ1n) is 13.7. The van der Waals surface area contributed by atoms with Crippen LogP contribution < -0.4 is 16.0 Å². The predicted molar refractivity (Wildman–Crippen MR) is 156 cm³/mol. The van der Waals surface area contributed by atoms with Crippen LogP contribution in [0.2, 0.25) is 5.02 Å². The van der Waals surface area contributed by atoms with Gasteiger partial charge in [-0.05, 0) is 48.8 Å². The third-order valence-electron chi connectivity index (χ3n) is 7.14. The van der Waals surface area contributed by atoms with Gasteiger partial charge in [-0.1, -0.05) is 80.9 Å². The first kappa shape index (κ1) is 30.9. The summed E-state index contributed by atoms with van der Waals surface area (Å²) >= 11 is 6.29. The Bertz CT molecular complexity index is 1190. The van der Waals surface area contributed by atoms with Gasteiger partial charge in [0.2, 0.25) is 5.91 Å². The van der Waals surface area contributed by atoms with E-state index in [1.54, 1.807) is 12.1 Å². The minimum Gasteiger partial charge on any atom is -0.453 e. The van der Waals surface area contributed by atoms with Gasteiger partial charge in [0.15, 0.2) is 5.96 Å². The van der Waals surface area contributed by atoms with Crippen LogP contribution in [0.4, 0.5) is 4.79 Å². The SMILES string of the molecule is CCC(CCCN1C(=N)NC(CC(C)C)(c2ccccc2)C1=O)NC(=O)[C@H](Cc1ccccc1Cl)NC(=O)OC. The number of halogens is 1. The molecule has 0 aliphatic carbocycles. The van der Waals surface area contributed by atoms with Gasteiger partial charge >= 0.3 is 6.09 Å². The zero-order valence-electron chi connectivity index (χ0n) is 23.6. The molecular formula is C30H40ClN5O4. The van der Waals surface area contributed by atoms with Crippen molar-refractivity contribution in [2.75, 3.05) is 13.7 Å². The third kappa shape index (κ3) is 7.53. The number of nitrogens with one attached hydrogen (secondary N) is 4. The number of nitrogens with zero attached hydrogens (tertiary/aromatic N) is 1. The second kappa shape index (κ2) is 14.2. The molecule has 10 heteroatoms. The standard InChI is InChI=1S/C30H40ClN5O4/c1-5-23(33-26(37)25(34-29(39)40-4)18-21-12-9-10-16-24(21)31)15-11-17-36-27(38)30(19-20(2)3,35-28(36)32)22-13-7-6-8-14-22/h6-10,12-14,16,20,23,25H,5,11,15,17-19H2,1-4H3,(H2,32,35)(H,33,37)(H,34,39)/t23?,25-,30?/m0/s1. The summed E-state index contributed by atoms with van der Waals surface area (Å²) in [5, 5.41) is 17.9. The number of hydrogen-bond acceptors (Lipinski definition) is 5. The number of guanidine groups is 1. The first-order valence-corrected chi connectivity index (χ1v) is 14.1. The fraction of sp³-hybridized carbons (Fsp3) is 0.467. The Morgan fingerprint density at radius 2 is 1.77 bits per heavy atom. The molecule has 9 nitrogen and oxygen atoms in total. The van der Waals surface area contributed by atoms with Gasteiger partial charge in [-0.25, -0.2) is 4.79 Å². The minimum absolute atomic E-state index is 0.0914. The van der Waals surface area contributed by atoms with Crippen molar-refractivity contribution in [2.45, 2.75) is 70.5 Å². The second-order valence-electron chi connectivity index (χ2n) is 10.5. The van der Waals surface area contributed by atoms with Crippen molar-refractivity contribution in [3.8, 4) is 0 Å². The molecule has 0 radical (unpaired) electrons. The lowest BCUT2D eigenvalue weighted by Gasteiger charge is -2.29. The van der Waals surface area contributed by atoms with Crippen molar-refractivity contribution >= 4 is 35.5 Å². The normalized spacial score (nSPS) is 18.3. The minimum atomic E-state index is -0.962. The van der Waals surface area contributed by atoms with E-state index in [1.165, 1.54) is 12.0 Å². The van der Waals surface area contributed by atoms with E-state index in [2.05, 4.69) is 29.8 Å². The number of benzene rings is 2. The summed E-state index contributed by atoms with van der Waals surface area (Å²) < 4.78 is 4.72. The number of amides is 3. The van der Waals surface area contributed by atoms with Crippen LogP contribution in [0, 0.1) is 11.3 Å². The number of alkyl carbamates (subject to hydrolysis) is 1. The van der Waals surface area contributed by atoms with Gasteiger partial charge in [-0.3, -0.25) is 19.9 Å². The second-order valence-corrected chi connectivity index (χ2v) is 10.9. The molecule has 1 fully saturated rings. The van der Waals surface area contributed by atoms with Gasteiger partial charge in [0.1, 0.15) is 11.6 Å². The maximum atomic E-state index is 13.7. The monoisotopic (exact) mass is 569 g/mol. The van der Waals surface area contributed by atoms with Gasteiger partial charge in [0.25, 0.3) is 5.91 Å². The van der Waals surface area contributed by atoms with Crippen LogP contribution in [0.15, 0.2) is 54.6 Å². The molecule has 1 heterocycles. The smallest absolute Gasteiger partial charge is 0.407 e. The van der Waals surface area contributed by atoms with Gasteiger partial charge in [0, 0.05) is 24.0 Å². The van der Waals surface area contributed by atoms with Crippen LogP contribution in [0.5, 0.6) is 0 Å². The molecule has 216 valence electrons. The molecule has 3 atom stereocenters. The summed E-state index contributed by atoms with van der Waals surface area (Å²) in [6.45, 7) is 6.45. The lowest BCUT2D eigenvalue weighted by Crippen LogP contribution is -2.50. The largest absolute Gasteiger partial charge is 0.453 e. The first-order chi connectivity index (χ1) is 19.1. The van der Waals surface area contributed by atoms with E-state index in [0.29, 0.717) is 37.3 Å². The molecular weight excluding hydrogens is 530 g/mol. The topological polar surface area (TPSA) is 124 Å². The number of methoxy groups -OCH3 is 1. The Kier molecular flexibility index (Phi) is 11.0. The summed E-state index contributed by atoms with van der Waals surface area (Å²) in [5.41, 5.74) is 0.619. The maximum Gasteiger partial charge on any atom is 0.407 e. The Hall–Kier alpha value is -3.59. The highest BCUT2D eigenvalue weighted by molar-refractivity contribution is 6.31. The predicted octanol–water partition coefficient (Wildman–Crippen LogP) is 4.59. The van der Waals surface area contributed by atoms with Crippen LogP contribution in [-0.2, 0) is 26.3 Å². The van der Waals surface area contributed by atoms with E-state index in [1.807, 2.05) is 49.4 Å². The van der Waals surface area contributed by atoms with Gasteiger partial charge in [-0.2, -0.15) is 0 Å². The number of rotatable bonds is 13. The van der Waals surface area contributed by atoms with E-state index in [9.17, 15) is 14.4 Å². The molecule has 0 saturated carbocycles. The molecule has 1 saturated heterocycles. The molecule has 4 N–H and O–H groups in total. The van der Waals surface area contributed by atoms with Crippen molar-refractivity contribution in [3.05, 3.63) is 70.7 Å². The lowest BCUT2D eigenvalue weighted by molar-refractivity contribution is -0.132. The van der Waals surface area contributed by atoms with Crippen LogP contribution >= 0.6 is 11.6 Å². The van der Waals surface area contributed by atoms with Crippen molar-refractivity contribution in [2.24, 2.45) is 5.92 Å². The van der Waals surface area contributed by atoms with E-state index in [4.69, 9.17) is 21.7 Å². The number of carbonyl (C=O) groups excluding carboxylic acids is 3. The van der Waals surface area contributed by atoms with Gasteiger partial charge < -0.3 is 20.7 Å². The molecule has 3 rings (SSSR count). The molecule has 0 bridgehead atoms. The average molecular weight is 570 g/mol. The zero-order valence-corrected chi connectivity index (χ0v) is 24.4. The summed E-state index contributed by atoms with van der Waals surface area (Å²) in [7, 11) is 1.24. The molecule has 1 aliphatic heterocycles. The van der Waals surface area contributed by atoms with Crippen LogP contribution in [0.1, 0.15) is 57.6 Å². The van der Waals surface area contributed by atoms with E-state index in [-0.39, 0.29) is 36.2 Å². The fourth-order valence-electron chi connectivity index (χ4n) is 5.13. The maximum absolute atomic E-state index is 13.7. The summed E-state index contributed by atoms with van der Waals surface area (Å²) in [5.74, 6) is -0.143. The summed E-state index contributed by atoms with van der Waals surface area (Å²) in [6, 6.07) is 15.7. The number of hydrogen-bond donors (Lipinski definition) is 4. The van der Waals surface area contributed by atoms with Gasteiger partial charge in [0.05, 0.1) is 7.11 Å². The Balaban J connectivity index is 1.64.